The molecule has 1 amide bonds. The summed E-state index contributed by atoms with van der Waals surface area (Å²) < 4.78 is 5.83. The Morgan fingerprint density at radius 1 is 0.844 bits per heavy atom. The predicted molar refractivity (Wildman–Crippen MR) is 129 cm³/mol. The normalized spacial score (nSPS) is 15.6. The van der Waals surface area contributed by atoms with E-state index >= 15 is 0 Å². The standard InChI is InChI=1S/C26H26Cl2N2O2/c1-19(32-24-13-12-22(27)18-23(24)28)26(31)30-16-14-29(15-17-30)25(20-8-4-2-5-9-20)21-10-6-3-7-11-21/h2-13,18-19,25H,14-17H2,1H3/t19-/m1/s1. The van der Waals surface area contributed by atoms with E-state index < -0.39 is 6.10 Å². The molecule has 1 saturated heterocycles. The first kappa shape index (κ1) is 22.7. The number of hydrogen-bond donors (Lipinski definition) is 0. The van der Waals surface area contributed by atoms with Crippen LogP contribution >= 0.6 is 23.2 Å². The molecule has 0 aliphatic carbocycles. The maximum absolute atomic E-state index is 13.0. The van der Waals surface area contributed by atoms with Crippen molar-refractivity contribution in [1.29, 1.82) is 0 Å². The Morgan fingerprint density at radius 2 is 1.41 bits per heavy atom. The van der Waals surface area contributed by atoms with E-state index in [1.807, 2.05) is 17.0 Å². The van der Waals surface area contributed by atoms with Gasteiger partial charge in [0.05, 0.1) is 11.1 Å². The lowest BCUT2D eigenvalue weighted by Crippen LogP contribution is -2.52. The number of halogens is 2. The monoisotopic (exact) mass is 468 g/mol. The molecule has 6 heteroatoms. The molecule has 3 aromatic carbocycles. The van der Waals surface area contributed by atoms with Gasteiger partial charge < -0.3 is 9.64 Å². The summed E-state index contributed by atoms with van der Waals surface area (Å²) in [4.78, 5) is 17.3. The van der Waals surface area contributed by atoms with Gasteiger partial charge in [0.15, 0.2) is 6.10 Å². The molecule has 1 aliphatic rings. The molecule has 0 bridgehead atoms. The summed E-state index contributed by atoms with van der Waals surface area (Å²) in [5.74, 6) is 0.426. The van der Waals surface area contributed by atoms with Gasteiger partial charge in [-0.2, -0.15) is 0 Å². The van der Waals surface area contributed by atoms with Crippen molar-refractivity contribution in [1.82, 2.24) is 9.80 Å². The zero-order chi connectivity index (χ0) is 22.5. The number of piperazine rings is 1. The Labute approximate surface area is 199 Å². The van der Waals surface area contributed by atoms with Crippen molar-refractivity contribution in [2.75, 3.05) is 26.2 Å². The molecule has 0 spiro atoms. The fourth-order valence-corrected chi connectivity index (χ4v) is 4.61. The van der Waals surface area contributed by atoms with E-state index in [9.17, 15) is 4.79 Å². The van der Waals surface area contributed by atoms with Crippen LogP contribution in [0.2, 0.25) is 10.0 Å². The molecule has 3 aromatic rings. The highest BCUT2D eigenvalue weighted by Crippen LogP contribution is 2.30. The van der Waals surface area contributed by atoms with Gasteiger partial charge in [-0.25, -0.2) is 0 Å². The van der Waals surface area contributed by atoms with Crippen LogP contribution in [0.25, 0.3) is 0 Å². The molecule has 4 rings (SSSR count). The summed E-state index contributed by atoms with van der Waals surface area (Å²) in [5, 5.41) is 0.930. The van der Waals surface area contributed by atoms with Crippen molar-refractivity contribution < 1.29 is 9.53 Å². The number of hydrogen-bond acceptors (Lipinski definition) is 3. The lowest BCUT2D eigenvalue weighted by atomic mass is 9.96. The lowest BCUT2D eigenvalue weighted by molar-refractivity contribution is -0.140. The third-order valence-corrected chi connectivity index (χ3v) is 6.30. The highest BCUT2D eigenvalue weighted by atomic mass is 35.5. The van der Waals surface area contributed by atoms with Crippen molar-refractivity contribution in [3.8, 4) is 5.75 Å². The average molecular weight is 469 g/mol. The van der Waals surface area contributed by atoms with Crippen LogP contribution in [0.4, 0.5) is 0 Å². The maximum Gasteiger partial charge on any atom is 0.263 e. The number of carbonyl (C=O) groups is 1. The summed E-state index contributed by atoms with van der Waals surface area (Å²) in [7, 11) is 0. The highest BCUT2D eigenvalue weighted by molar-refractivity contribution is 6.35. The van der Waals surface area contributed by atoms with Crippen molar-refractivity contribution >= 4 is 29.1 Å². The molecule has 1 fully saturated rings. The van der Waals surface area contributed by atoms with Crippen LogP contribution in [-0.2, 0) is 4.79 Å². The Morgan fingerprint density at radius 3 is 1.94 bits per heavy atom. The second kappa shape index (κ2) is 10.4. The van der Waals surface area contributed by atoms with Gasteiger partial charge in [0, 0.05) is 31.2 Å². The van der Waals surface area contributed by atoms with Gasteiger partial charge in [-0.15, -0.1) is 0 Å². The molecule has 0 N–H and O–H groups in total. The van der Waals surface area contributed by atoms with Gasteiger partial charge >= 0.3 is 0 Å². The van der Waals surface area contributed by atoms with E-state index in [1.54, 1.807) is 25.1 Å². The second-order valence-electron chi connectivity index (χ2n) is 7.92. The molecule has 1 atom stereocenters. The predicted octanol–water partition coefficient (Wildman–Crippen LogP) is 5.69. The zero-order valence-corrected chi connectivity index (χ0v) is 19.5. The minimum atomic E-state index is -0.626. The average Bonchev–Trinajstić information content (AvgIpc) is 2.82. The van der Waals surface area contributed by atoms with E-state index in [4.69, 9.17) is 27.9 Å². The lowest BCUT2D eigenvalue weighted by Gasteiger charge is -2.40. The van der Waals surface area contributed by atoms with Gasteiger partial charge in [0.1, 0.15) is 5.75 Å². The number of carbonyl (C=O) groups excluding carboxylic acids is 1. The second-order valence-corrected chi connectivity index (χ2v) is 8.76. The van der Waals surface area contributed by atoms with Gasteiger partial charge in [0.2, 0.25) is 0 Å². The molecule has 166 valence electrons. The van der Waals surface area contributed by atoms with Crippen LogP contribution in [0.3, 0.4) is 0 Å². The third kappa shape index (κ3) is 5.26. The van der Waals surface area contributed by atoms with E-state index in [2.05, 4.69) is 53.4 Å². The number of amides is 1. The molecule has 32 heavy (non-hydrogen) atoms. The SMILES string of the molecule is C[C@@H](Oc1ccc(Cl)cc1Cl)C(=O)N1CCN(C(c2ccccc2)c2ccccc2)CC1. The van der Waals surface area contributed by atoms with Gasteiger partial charge in [-0.3, -0.25) is 9.69 Å². The minimum absolute atomic E-state index is 0.0355. The number of rotatable bonds is 6. The molecule has 1 aliphatic heterocycles. The number of ether oxygens (including phenoxy) is 1. The summed E-state index contributed by atoms with van der Waals surface area (Å²) in [5.41, 5.74) is 2.51. The number of benzene rings is 3. The van der Waals surface area contributed by atoms with Crippen LogP contribution in [0.15, 0.2) is 78.9 Å². The van der Waals surface area contributed by atoms with E-state index in [0.717, 1.165) is 13.1 Å². The van der Waals surface area contributed by atoms with Crippen LogP contribution in [0.5, 0.6) is 5.75 Å². The van der Waals surface area contributed by atoms with Gasteiger partial charge in [0.25, 0.3) is 5.91 Å². The first-order chi connectivity index (χ1) is 15.5. The fraction of sp³-hybridized carbons (Fsp3) is 0.269. The fourth-order valence-electron chi connectivity index (χ4n) is 4.15. The zero-order valence-electron chi connectivity index (χ0n) is 18.0. The highest BCUT2D eigenvalue weighted by Gasteiger charge is 2.30. The maximum atomic E-state index is 13.0. The van der Waals surface area contributed by atoms with Crippen molar-refractivity contribution in [3.05, 3.63) is 100 Å². The molecule has 1 heterocycles. The summed E-state index contributed by atoms with van der Waals surface area (Å²) in [6.07, 6.45) is -0.626. The van der Waals surface area contributed by atoms with Crippen molar-refractivity contribution in [2.24, 2.45) is 0 Å². The molecule has 0 saturated carbocycles. The molecule has 4 nitrogen and oxygen atoms in total. The van der Waals surface area contributed by atoms with Crippen LogP contribution in [0.1, 0.15) is 24.1 Å². The Balaban J connectivity index is 1.42. The Kier molecular flexibility index (Phi) is 7.36. The molecule has 0 aromatic heterocycles. The summed E-state index contributed by atoms with van der Waals surface area (Å²) >= 11 is 12.1. The number of nitrogens with zero attached hydrogens (tertiary/aromatic N) is 2. The van der Waals surface area contributed by atoms with Crippen molar-refractivity contribution in [3.63, 3.8) is 0 Å². The van der Waals surface area contributed by atoms with Gasteiger partial charge in [-0.05, 0) is 36.2 Å². The molecule has 0 unspecified atom stereocenters. The smallest absolute Gasteiger partial charge is 0.263 e. The van der Waals surface area contributed by atoms with Crippen LogP contribution in [-0.4, -0.2) is 48.0 Å². The Bertz CT molecular complexity index is 999. The third-order valence-electron chi connectivity index (χ3n) is 5.77. The van der Waals surface area contributed by atoms with E-state index in [-0.39, 0.29) is 11.9 Å². The topological polar surface area (TPSA) is 32.8 Å². The first-order valence-corrected chi connectivity index (χ1v) is 11.5. The molecular formula is C26H26Cl2N2O2. The van der Waals surface area contributed by atoms with E-state index in [1.165, 1.54) is 11.1 Å². The van der Waals surface area contributed by atoms with Gasteiger partial charge in [-0.1, -0.05) is 83.9 Å². The summed E-state index contributed by atoms with van der Waals surface area (Å²) in [6, 6.07) is 26.2. The minimum Gasteiger partial charge on any atom is -0.479 e. The quantitative estimate of drug-likeness (QED) is 0.465. The van der Waals surface area contributed by atoms with Crippen molar-refractivity contribution in [2.45, 2.75) is 19.1 Å². The molecule has 0 radical (unpaired) electrons. The molecular weight excluding hydrogens is 443 g/mol. The van der Waals surface area contributed by atoms with Crippen LogP contribution < -0.4 is 4.74 Å². The van der Waals surface area contributed by atoms with Crippen LogP contribution in [0, 0.1) is 0 Å². The summed E-state index contributed by atoms with van der Waals surface area (Å²) in [6.45, 7) is 4.63. The first-order valence-electron chi connectivity index (χ1n) is 10.8. The largest absolute Gasteiger partial charge is 0.479 e. The van der Waals surface area contributed by atoms with E-state index in [0.29, 0.717) is 28.9 Å². The Hall–Kier alpha value is -2.53.